The molecule has 0 amide bonds. The fourth-order valence-electron chi connectivity index (χ4n) is 3.40. The molecule has 1 aromatic heterocycles. The van der Waals surface area contributed by atoms with Gasteiger partial charge >= 0.3 is 0 Å². The van der Waals surface area contributed by atoms with Crippen molar-refractivity contribution in [2.75, 3.05) is 6.54 Å². The van der Waals surface area contributed by atoms with Crippen molar-refractivity contribution < 1.29 is 5.11 Å². The lowest BCUT2D eigenvalue weighted by molar-refractivity contribution is 0.0352. The number of nitrogens with zero attached hydrogens (tertiary/aromatic N) is 3. The second-order valence-electron chi connectivity index (χ2n) is 6.05. The highest BCUT2D eigenvalue weighted by atomic mass is 79.9. The molecule has 2 fully saturated rings. The summed E-state index contributed by atoms with van der Waals surface area (Å²) >= 11 is 3.56. The summed E-state index contributed by atoms with van der Waals surface area (Å²) < 4.78 is 2.90. The van der Waals surface area contributed by atoms with Gasteiger partial charge in [0.1, 0.15) is 5.60 Å². The molecule has 2 aliphatic rings. The van der Waals surface area contributed by atoms with E-state index in [1.165, 1.54) is 12.8 Å². The van der Waals surface area contributed by atoms with Crippen molar-refractivity contribution in [3.05, 3.63) is 16.4 Å². The number of aromatic nitrogens is 2. The number of β-amino-alcohol motifs (C(OH)–C–C–N with tert-alkyl or cyclic N) is 1. The number of hydrogen-bond acceptors (Lipinski definition) is 3. The van der Waals surface area contributed by atoms with Gasteiger partial charge in [-0.2, -0.15) is 5.10 Å². The van der Waals surface area contributed by atoms with Crippen molar-refractivity contribution in [1.82, 2.24) is 14.7 Å². The van der Waals surface area contributed by atoms with Gasteiger partial charge in [0.05, 0.1) is 16.4 Å². The largest absolute Gasteiger partial charge is 0.382 e. The second kappa shape index (κ2) is 4.86. The van der Waals surface area contributed by atoms with Crippen molar-refractivity contribution >= 4 is 15.9 Å². The Morgan fingerprint density at radius 1 is 1.53 bits per heavy atom. The van der Waals surface area contributed by atoms with Gasteiger partial charge in [0.2, 0.25) is 0 Å². The van der Waals surface area contributed by atoms with Crippen LogP contribution in [-0.2, 0) is 12.1 Å². The van der Waals surface area contributed by atoms with E-state index in [4.69, 9.17) is 0 Å². The van der Waals surface area contributed by atoms with E-state index in [9.17, 15) is 5.11 Å². The third kappa shape index (κ3) is 2.36. The van der Waals surface area contributed by atoms with Crippen LogP contribution in [0.4, 0.5) is 0 Å². The third-order valence-electron chi connectivity index (χ3n) is 4.33. The van der Waals surface area contributed by atoms with Gasteiger partial charge in [-0.25, -0.2) is 0 Å². The summed E-state index contributed by atoms with van der Waals surface area (Å²) in [5.74, 6) is 0. The molecule has 1 saturated carbocycles. The van der Waals surface area contributed by atoms with Crippen molar-refractivity contribution in [1.29, 1.82) is 0 Å². The van der Waals surface area contributed by atoms with E-state index in [1.54, 1.807) is 0 Å². The highest BCUT2D eigenvalue weighted by molar-refractivity contribution is 9.10. The van der Waals surface area contributed by atoms with E-state index in [1.807, 2.05) is 10.9 Å². The third-order valence-corrected chi connectivity index (χ3v) is 4.91. The average Bonchev–Trinajstić information content (AvgIpc) is 3.05. The van der Waals surface area contributed by atoms with Gasteiger partial charge < -0.3 is 5.11 Å². The molecule has 3 rings (SSSR count). The average molecular weight is 328 g/mol. The summed E-state index contributed by atoms with van der Waals surface area (Å²) in [6.45, 7) is 5.97. The Bertz CT molecular complexity index is 471. The predicted octanol–water partition coefficient (Wildman–Crippen LogP) is 2.50. The molecule has 106 valence electrons. The number of likely N-dealkylation sites (tertiary alicyclic amines) is 1. The first-order chi connectivity index (χ1) is 9.05. The maximum Gasteiger partial charge on any atom is 0.121 e. The summed E-state index contributed by atoms with van der Waals surface area (Å²) in [4.78, 5) is 2.47. The molecule has 1 aliphatic heterocycles. The molecule has 2 atom stereocenters. The molecule has 19 heavy (non-hydrogen) atoms. The maximum atomic E-state index is 11.1. The Hall–Kier alpha value is -0.390. The highest BCUT2D eigenvalue weighted by Crippen LogP contribution is 2.43. The summed E-state index contributed by atoms with van der Waals surface area (Å²) in [5.41, 5.74) is 0.205. The zero-order chi connectivity index (χ0) is 13.6. The van der Waals surface area contributed by atoms with Crippen LogP contribution in [0, 0.1) is 0 Å². The van der Waals surface area contributed by atoms with Crippen LogP contribution < -0.4 is 0 Å². The van der Waals surface area contributed by atoms with E-state index in [0.29, 0.717) is 12.1 Å². The van der Waals surface area contributed by atoms with Crippen LogP contribution in [0.2, 0.25) is 0 Å². The smallest absolute Gasteiger partial charge is 0.121 e. The van der Waals surface area contributed by atoms with Crippen molar-refractivity contribution in [2.24, 2.45) is 0 Å². The van der Waals surface area contributed by atoms with Gasteiger partial charge in [0, 0.05) is 25.2 Å². The molecule has 0 radical (unpaired) electrons. The van der Waals surface area contributed by atoms with Crippen molar-refractivity contribution in [3.63, 3.8) is 0 Å². The molecule has 0 aromatic carbocycles. The highest BCUT2D eigenvalue weighted by Gasteiger charge is 2.49. The first-order valence-corrected chi connectivity index (χ1v) is 8.04. The number of hydrogen-bond donors (Lipinski definition) is 1. The van der Waals surface area contributed by atoms with Crippen LogP contribution >= 0.6 is 15.9 Å². The fraction of sp³-hybridized carbons (Fsp3) is 0.786. The SMILES string of the molecule is CCCn1ncc(Br)c1C1(O)CC(C)N(C2CC2)C1. The Kier molecular flexibility index (Phi) is 3.48. The molecule has 1 N–H and O–H groups in total. The molecule has 2 heterocycles. The van der Waals surface area contributed by atoms with Gasteiger partial charge in [-0.1, -0.05) is 6.92 Å². The van der Waals surface area contributed by atoms with E-state index >= 15 is 0 Å². The number of halogens is 1. The zero-order valence-electron chi connectivity index (χ0n) is 11.6. The molecular weight excluding hydrogens is 306 g/mol. The molecule has 0 bridgehead atoms. The molecular formula is C14H22BrN3O. The molecule has 1 saturated heterocycles. The van der Waals surface area contributed by atoms with Crippen LogP contribution in [0.1, 0.15) is 45.2 Å². The van der Waals surface area contributed by atoms with Crippen LogP contribution in [-0.4, -0.2) is 38.4 Å². The molecule has 5 heteroatoms. The van der Waals surface area contributed by atoms with Gasteiger partial charge in [0.15, 0.2) is 0 Å². The van der Waals surface area contributed by atoms with Crippen molar-refractivity contribution in [2.45, 2.75) is 63.8 Å². The Labute approximate surface area is 122 Å². The maximum absolute atomic E-state index is 11.1. The van der Waals surface area contributed by atoms with Crippen molar-refractivity contribution in [3.8, 4) is 0 Å². The minimum atomic E-state index is -0.757. The Morgan fingerprint density at radius 3 is 2.89 bits per heavy atom. The monoisotopic (exact) mass is 327 g/mol. The number of rotatable bonds is 4. The topological polar surface area (TPSA) is 41.3 Å². The normalized spacial score (nSPS) is 32.1. The lowest BCUT2D eigenvalue weighted by atomic mass is 9.96. The first-order valence-electron chi connectivity index (χ1n) is 7.25. The zero-order valence-corrected chi connectivity index (χ0v) is 13.2. The summed E-state index contributed by atoms with van der Waals surface area (Å²) in [5, 5.41) is 15.5. The van der Waals surface area contributed by atoms with Crippen LogP contribution in [0.25, 0.3) is 0 Å². The fourth-order valence-corrected chi connectivity index (χ4v) is 4.07. The molecule has 2 unspecified atom stereocenters. The quantitative estimate of drug-likeness (QED) is 0.923. The summed E-state index contributed by atoms with van der Waals surface area (Å²) in [6, 6.07) is 1.15. The molecule has 0 spiro atoms. The van der Waals surface area contributed by atoms with Crippen LogP contribution in [0.15, 0.2) is 10.7 Å². The molecule has 4 nitrogen and oxygen atoms in total. The Morgan fingerprint density at radius 2 is 2.26 bits per heavy atom. The lowest BCUT2D eigenvalue weighted by Gasteiger charge is -2.25. The molecule has 1 aromatic rings. The van der Waals surface area contributed by atoms with Gasteiger partial charge in [-0.05, 0) is 48.5 Å². The van der Waals surface area contributed by atoms with E-state index in [-0.39, 0.29) is 0 Å². The van der Waals surface area contributed by atoms with Crippen LogP contribution in [0.3, 0.4) is 0 Å². The standard InChI is InChI=1S/C14H22BrN3O/c1-3-6-18-13(12(15)8-16-18)14(19)7-10(2)17(9-14)11-4-5-11/h8,10-11,19H,3-7,9H2,1-2H3. The summed E-state index contributed by atoms with van der Waals surface area (Å²) in [6.07, 6.45) is 6.22. The predicted molar refractivity (Wildman–Crippen MR) is 77.9 cm³/mol. The van der Waals surface area contributed by atoms with Gasteiger partial charge in [-0.15, -0.1) is 0 Å². The van der Waals surface area contributed by atoms with Gasteiger partial charge in [0.25, 0.3) is 0 Å². The van der Waals surface area contributed by atoms with E-state index in [2.05, 4.69) is 39.8 Å². The first kappa shape index (κ1) is 13.6. The number of aryl methyl sites for hydroxylation is 1. The lowest BCUT2D eigenvalue weighted by Crippen LogP contribution is -2.35. The molecule has 1 aliphatic carbocycles. The van der Waals surface area contributed by atoms with Gasteiger partial charge in [-0.3, -0.25) is 9.58 Å². The van der Waals surface area contributed by atoms with E-state index in [0.717, 1.165) is 36.1 Å². The second-order valence-corrected chi connectivity index (χ2v) is 6.91. The minimum Gasteiger partial charge on any atom is -0.382 e. The summed E-state index contributed by atoms with van der Waals surface area (Å²) in [7, 11) is 0. The van der Waals surface area contributed by atoms with E-state index < -0.39 is 5.60 Å². The Balaban J connectivity index is 1.90. The minimum absolute atomic E-state index is 0.453. The number of aliphatic hydroxyl groups is 1. The van der Waals surface area contributed by atoms with Crippen LogP contribution in [0.5, 0.6) is 0 Å².